The van der Waals surface area contributed by atoms with E-state index in [4.69, 9.17) is 0 Å². The summed E-state index contributed by atoms with van der Waals surface area (Å²) >= 11 is 0. The zero-order chi connectivity index (χ0) is 22.1. The van der Waals surface area contributed by atoms with Crippen molar-refractivity contribution in [3.05, 3.63) is 101 Å². The normalized spacial score (nSPS) is 26.9. The minimum Gasteiger partial charge on any atom is -1.00 e. The van der Waals surface area contributed by atoms with Gasteiger partial charge in [-0.3, -0.25) is 0 Å². The molecule has 1 aromatic rings. The minimum absolute atomic E-state index is 0. The molecule has 1 fully saturated rings. The quantitative estimate of drug-likeness (QED) is 0.478. The van der Waals surface area contributed by atoms with E-state index in [-0.39, 0.29) is 51.0 Å². The predicted molar refractivity (Wildman–Crippen MR) is 138 cm³/mol. The van der Waals surface area contributed by atoms with Gasteiger partial charge in [0.05, 0.1) is 0 Å². The number of hydrogen-bond acceptors (Lipinski definition) is 0. The summed E-state index contributed by atoms with van der Waals surface area (Å²) in [4.78, 5) is 0. The first-order valence-electron chi connectivity index (χ1n) is 13.0. The van der Waals surface area contributed by atoms with Crippen molar-refractivity contribution in [3.8, 4) is 0 Å². The molecule has 4 unspecified atom stereocenters. The third-order valence-corrected chi connectivity index (χ3v) is 8.29. The summed E-state index contributed by atoms with van der Waals surface area (Å²) in [6, 6.07) is 9.19. The van der Waals surface area contributed by atoms with Gasteiger partial charge in [0.2, 0.25) is 0 Å². The molecule has 1 saturated carbocycles. The van der Waals surface area contributed by atoms with Crippen molar-refractivity contribution in [2.75, 3.05) is 0 Å². The fraction of sp³-hybridized carbons (Fsp3) is 0.438. The summed E-state index contributed by atoms with van der Waals surface area (Å²) in [6.07, 6.45) is 25.5. The first kappa shape index (κ1) is 30.5. The standard InChI is InChI=1S/C30H33.C2H5.2ClH.Zr/c1-2-3-9-20-16-17-22(18-20)24-14-8-15-27-29(24)26-13-7-6-12-25(26)28-19-21-10-4-5-11-23(21)30(27)28;1-2;;;/h4-5,8,10-12,15-18,22,24,26,29H,2-3,6-7,9,13-14,19H2,1H3;1H2,2H3;2*1H;/q2*-1;;;+4/p-2. The van der Waals surface area contributed by atoms with Gasteiger partial charge in [0.15, 0.2) is 0 Å². The van der Waals surface area contributed by atoms with Crippen LogP contribution in [0.1, 0.15) is 69.9 Å². The van der Waals surface area contributed by atoms with Gasteiger partial charge in [-0.15, -0.1) is 6.42 Å². The van der Waals surface area contributed by atoms with E-state index in [1.54, 1.807) is 40.4 Å². The van der Waals surface area contributed by atoms with Crippen LogP contribution in [0.3, 0.4) is 0 Å². The fourth-order valence-corrected chi connectivity index (χ4v) is 6.97. The van der Waals surface area contributed by atoms with Crippen LogP contribution in [0.5, 0.6) is 0 Å². The van der Waals surface area contributed by atoms with E-state index >= 15 is 0 Å². The first-order valence-corrected chi connectivity index (χ1v) is 13.0. The van der Waals surface area contributed by atoms with Gasteiger partial charge in [0.1, 0.15) is 0 Å². The second-order valence-electron chi connectivity index (χ2n) is 9.95. The average molecular weight is 585 g/mol. The predicted octanol–water partition coefficient (Wildman–Crippen LogP) is 2.65. The molecule has 0 heterocycles. The molecule has 4 atom stereocenters. The number of unbranched alkanes of at least 4 members (excludes halogenated alkanes) is 1. The monoisotopic (exact) mass is 582 g/mol. The van der Waals surface area contributed by atoms with Crippen molar-refractivity contribution in [2.24, 2.45) is 23.7 Å². The van der Waals surface area contributed by atoms with Crippen LogP contribution in [-0.2, 0) is 32.6 Å². The Hall–Kier alpha value is -0.747. The molecule has 0 aliphatic heterocycles. The van der Waals surface area contributed by atoms with Gasteiger partial charge >= 0.3 is 26.2 Å². The van der Waals surface area contributed by atoms with Crippen LogP contribution >= 0.6 is 0 Å². The summed E-state index contributed by atoms with van der Waals surface area (Å²) in [6.45, 7) is 7.30. The van der Waals surface area contributed by atoms with Crippen LogP contribution in [0.2, 0.25) is 0 Å². The third-order valence-electron chi connectivity index (χ3n) is 8.29. The second-order valence-corrected chi connectivity index (χ2v) is 9.95. The van der Waals surface area contributed by atoms with E-state index in [1.165, 1.54) is 50.5 Å². The largest absolute Gasteiger partial charge is 4.00 e. The number of rotatable bonds is 4. The van der Waals surface area contributed by atoms with Crippen molar-refractivity contribution < 1.29 is 51.0 Å². The Balaban J connectivity index is 0.000000844. The Bertz CT molecular complexity index is 1030. The Morgan fingerprint density at radius 2 is 1.89 bits per heavy atom. The zero-order valence-electron chi connectivity index (χ0n) is 21.2. The Morgan fingerprint density at radius 3 is 2.69 bits per heavy atom. The maximum absolute atomic E-state index is 3.25. The average Bonchev–Trinajstić information content (AvgIpc) is 3.49. The van der Waals surface area contributed by atoms with Crippen molar-refractivity contribution in [2.45, 2.75) is 65.2 Å². The first-order chi connectivity index (χ1) is 15.8. The van der Waals surface area contributed by atoms with Gasteiger partial charge in [-0.05, 0) is 54.9 Å². The molecule has 6 rings (SSSR count). The minimum atomic E-state index is 0. The maximum Gasteiger partial charge on any atom is 4.00 e. The van der Waals surface area contributed by atoms with E-state index in [1.807, 2.05) is 0 Å². The fourth-order valence-electron chi connectivity index (χ4n) is 6.97. The zero-order valence-corrected chi connectivity index (χ0v) is 25.2. The molecule has 0 N–H and O–H groups in total. The van der Waals surface area contributed by atoms with Crippen molar-refractivity contribution >= 4 is 5.57 Å². The summed E-state index contributed by atoms with van der Waals surface area (Å²) in [5, 5.41) is 0. The molecule has 1 aromatic carbocycles. The van der Waals surface area contributed by atoms with Crippen molar-refractivity contribution in [1.29, 1.82) is 0 Å². The molecule has 0 radical (unpaired) electrons. The summed E-state index contributed by atoms with van der Waals surface area (Å²) in [5.74, 6) is 2.75. The third kappa shape index (κ3) is 5.59. The Labute approximate surface area is 245 Å². The molecule has 184 valence electrons. The molecular formula is C32H38Cl2Zr. The van der Waals surface area contributed by atoms with Gasteiger partial charge in [-0.2, -0.15) is 12.5 Å². The van der Waals surface area contributed by atoms with Gasteiger partial charge in [-0.1, -0.05) is 103 Å². The molecule has 0 nitrogen and oxygen atoms in total. The second kappa shape index (κ2) is 13.7. The summed E-state index contributed by atoms with van der Waals surface area (Å²) in [7, 11) is 0. The number of hydrogen-bond donors (Lipinski definition) is 0. The van der Waals surface area contributed by atoms with Crippen LogP contribution in [-0.4, -0.2) is 0 Å². The molecule has 0 saturated heterocycles. The maximum atomic E-state index is 3.25. The molecule has 0 bridgehead atoms. The number of benzene rings is 1. The smallest absolute Gasteiger partial charge is 1.00 e. The molecule has 0 amide bonds. The van der Waals surface area contributed by atoms with Crippen molar-refractivity contribution in [3.63, 3.8) is 0 Å². The Morgan fingerprint density at radius 1 is 1.09 bits per heavy atom. The molecule has 5 aliphatic carbocycles. The Kier molecular flexibility index (Phi) is 11.9. The molecule has 5 aliphatic rings. The van der Waals surface area contributed by atoms with E-state index in [0.717, 1.165) is 12.3 Å². The number of fused-ring (bicyclic) bond motifs is 6. The van der Waals surface area contributed by atoms with Crippen LogP contribution in [0.15, 0.2) is 76.9 Å². The van der Waals surface area contributed by atoms with Crippen LogP contribution < -0.4 is 24.8 Å². The van der Waals surface area contributed by atoms with E-state index in [0.29, 0.717) is 17.8 Å². The molecular weight excluding hydrogens is 546 g/mol. The van der Waals surface area contributed by atoms with Crippen LogP contribution in [0.25, 0.3) is 5.57 Å². The molecule has 3 heteroatoms. The van der Waals surface area contributed by atoms with Crippen molar-refractivity contribution in [1.82, 2.24) is 0 Å². The van der Waals surface area contributed by atoms with E-state index < -0.39 is 0 Å². The van der Waals surface area contributed by atoms with Gasteiger partial charge < -0.3 is 31.7 Å². The topological polar surface area (TPSA) is 0 Å². The van der Waals surface area contributed by atoms with Gasteiger partial charge in [0.25, 0.3) is 0 Å². The number of allylic oxidation sites excluding steroid dienone is 10. The molecule has 0 spiro atoms. The van der Waals surface area contributed by atoms with E-state index in [2.05, 4.69) is 74.9 Å². The summed E-state index contributed by atoms with van der Waals surface area (Å²) < 4.78 is 0. The number of halogens is 2. The summed E-state index contributed by atoms with van der Waals surface area (Å²) in [5.41, 5.74) is 11.3. The molecule has 35 heavy (non-hydrogen) atoms. The van der Waals surface area contributed by atoms with Gasteiger partial charge in [-0.25, -0.2) is 12.0 Å². The van der Waals surface area contributed by atoms with Crippen LogP contribution in [0, 0.1) is 37.0 Å². The van der Waals surface area contributed by atoms with Gasteiger partial charge in [0, 0.05) is 0 Å². The van der Waals surface area contributed by atoms with E-state index in [9.17, 15) is 0 Å². The van der Waals surface area contributed by atoms with Crippen LogP contribution in [0.4, 0.5) is 0 Å². The molecule has 0 aromatic heterocycles. The SMILES string of the molecule is CCCCC1=CC(C2CC=CC3=C4C(=C5[CH-]CCCC5C32)Cc2ccccc24)C=C1.[CH2-]C.[Cl-].[Cl-].[Zr+4].